The minimum atomic E-state index is -1.17. The molecule has 0 spiro atoms. The molecule has 0 heterocycles. The van der Waals surface area contributed by atoms with Crippen LogP contribution >= 0.6 is 0 Å². The monoisotopic (exact) mass is 401 g/mol. The van der Waals surface area contributed by atoms with Gasteiger partial charge in [-0.1, -0.05) is 27.7 Å². The van der Waals surface area contributed by atoms with Gasteiger partial charge in [0.25, 0.3) is 0 Å². The average molecular weight is 401 g/mol. The maximum atomic E-state index is 12.2. The standard InChI is InChI=1S/C17H31N5O6/c1-9(2)5-11(21-12(23)6-18)16(26)20-7-13(24)19-8-14(25)22-15(10(3)4)17(27)28/h9-11,15H,5-8,18H2,1-4H3,(H,19,24)(H,20,26)(H,21,23)(H,22,25)(H,27,28)/t11-,15-/m0/s1. The van der Waals surface area contributed by atoms with Crippen LogP contribution in [0.15, 0.2) is 0 Å². The van der Waals surface area contributed by atoms with Gasteiger partial charge >= 0.3 is 5.97 Å². The Morgan fingerprint density at radius 1 is 0.857 bits per heavy atom. The summed E-state index contributed by atoms with van der Waals surface area (Å²) in [6, 6.07) is -1.89. The Morgan fingerprint density at radius 3 is 1.89 bits per heavy atom. The van der Waals surface area contributed by atoms with Crippen LogP contribution in [0.5, 0.6) is 0 Å². The average Bonchev–Trinajstić information content (AvgIpc) is 2.60. The van der Waals surface area contributed by atoms with Gasteiger partial charge in [0.15, 0.2) is 0 Å². The summed E-state index contributed by atoms with van der Waals surface area (Å²) < 4.78 is 0. The van der Waals surface area contributed by atoms with Gasteiger partial charge in [-0.2, -0.15) is 0 Å². The highest BCUT2D eigenvalue weighted by molar-refractivity contribution is 5.92. The summed E-state index contributed by atoms with van der Waals surface area (Å²) in [7, 11) is 0. The maximum absolute atomic E-state index is 12.2. The Kier molecular flexibility index (Phi) is 11.4. The summed E-state index contributed by atoms with van der Waals surface area (Å²) in [5, 5.41) is 18.5. The summed E-state index contributed by atoms with van der Waals surface area (Å²) in [6.45, 7) is 5.96. The Labute approximate surface area is 164 Å². The van der Waals surface area contributed by atoms with Crippen molar-refractivity contribution in [2.45, 2.75) is 46.2 Å². The molecule has 0 aromatic carbocycles. The van der Waals surface area contributed by atoms with Gasteiger partial charge in [0.2, 0.25) is 23.6 Å². The van der Waals surface area contributed by atoms with Gasteiger partial charge < -0.3 is 32.1 Å². The molecule has 0 aliphatic carbocycles. The number of nitrogens with one attached hydrogen (secondary N) is 4. The predicted molar refractivity (Wildman–Crippen MR) is 101 cm³/mol. The number of rotatable bonds is 12. The van der Waals surface area contributed by atoms with Gasteiger partial charge in [0.1, 0.15) is 12.1 Å². The molecule has 0 rings (SSSR count). The minimum Gasteiger partial charge on any atom is -0.480 e. The predicted octanol–water partition coefficient (Wildman–Crippen LogP) is -2.07. The minimum absolute atomic E-state index is 0.120. The van der Waals surface area contributed by atoms with Gasteiger partial charge in [-0.25, -0.2) is 4.79 Å². The molecule has 0 aliphatic heterocycles. The number of nitrogens with two attached hydrogens (primary N) is 1. The van der Waals surface area contributed by atoms with E-state index in [-0.39, 0.29) is 18.4 Å². The summed E-state index contributed by atoms with van der Waals surface area (Å²) in [6.07, 6.45) is 0.368. The molecule has 7 N–H and O–H groups in total. The number of carbonyl (C=O) groups is 5. The smallest absolute Gasteiger partial charge is 0.326 e. The van der Waals surface area contributed by atoms with Crippen molar-refractivity contribution >= 4 is 29.6 Å². The van der Waals surface area contributed by atoms with Gasteiger partial charge in [0.05, 0.1) is 19.6 Å². The van der Waals surface area contributed by atoms with Crippen LogP contribution in [0.3, 0.4) is 0 Å². The quantitative estimate of drug-likeness (QED) is 0.217. The summed E-state index contributed by atoms with van der Waals surface area (Å²) >= 11 is 0. The first kappa shape index (κ1) is 25.3. The van der Waals surface area contributed by atoms with Gasteiger partial charge in [-0.05, 0) is 18.3 Å². The second-order valence-corrected chi connectivity index (χ2v) is 7.08. The molecule has 28 heavy (non-hydrogen) atoms. The summed E-state index contributed by atoms with van der Waals surface area (Å²) in [5.74, 6) is -3.69. The van der Waals surface area contributed by atoms with Crippen LogP contribution in [0.4, 0.5) is 0 Å². The number of amides is 4. The number of carboxylic acids is 1. The highest BCUT2D eigenvalue weighted by Crippen LogP contribution is 2.05. The molecule has 0 unspecified atom stereocenters. The van der Waals surface area contributed by atoms with Crippen molar-refractivity contribution in [3.63, 3.8) is 0 Å². The molecule has 0 aliphatic rings. The topological polar surface area (TPSA) is 180 Å². The fraction of sp³-hybridized carbons (Fsp3) is 0.706. The Morgan fingerprint density at radius 2 is 1.43 bits per heavy atom. The van der Waals surface area contributed by atoms with Crippen LogP contribution in [-0.4, -0.2) is 66.4 Å². The summed E-state index contributed by atoms with van der Waals surface area (Å²) in [5.41, 5.74) is 5.23. The molecule has 11 heteroatoms. The second-order valence-electron chi connectivity index (χ2n) is 7.08. The fourth-order valence-electron chi connectivity index (χ4n) is 2.23. The molecule has 0 bridgehead atoms. The van der Waals surface area contributed by atoms with E-state index in [1.165, 1.54) is 0 Å². The third kappa shape index (κ3) is 10.5. The lowest BCUT2D eigenvalue weighted by molar-refractivity contribution is -0.143. The van der Waals surface area contributed by atoms with E-state index in [1.54, 1.807) is 13.8 Å². The normalized spacial score (nSPS) is 12.8. The van der Waals surface area contributed by atoms with Crippen LogP contribution in [0.25, 0.3) is 0 Å². The zero-order chi connectivity index (χ0) is 21.9. The van der Waals surface area contributed by atoms with E-state index in [0.29, 0.717) is 6.42 Å². The van der Waals surface area contributed by atoms with Crippen LogP contribution in [-0.2, 0) is 24.0 Å². The van der Waals surface area contributed by atoms with E-state index < -0.39 is 54.8 Å². The van der Waals surface area contributed by atoms with Gasteiger partial charge in [-0.15, -0.1) is 0 Å². The Balaban J connectivity index is 4.47. The highest BCUT2D eigenvalue weighted by Gasteiger charge is 2.24. The molecule has 0 aromatic heterocycles. The molecular formula is C17H31N5O6. The Hall–Kier alpha value is -2.69. The SMILES string of the molecule is CC(C)C[C@H](NC(=O)CN)C(=O)NCC(=O)NCC(=O)N[C@H](C(=O)O)C(C)C. The van der Waals surface area contributed by atoms with Crippen LogP contribution < -0.4 is 27.0 Å². The molecule has 4 amide bonds. The lowest BCUT2D eigenvalue weighted by Crippen LogP contribution is -2.52. The Bertz CT molecular complexity index is 578. The third-order valence-corrected chi connectivity index (χ3v) is 3.66. The molecule has 160 valence electrons. The van der Waals surface area contributed by atoms with Crippen molar-refractivity contribution in [2.24, 2.45) is 17.6 Å². The van der Waals surface area contributed by atoms with E-state index in [2.05, 4.69) is 21.3 Å². The molecule has 0 saturated heterocycles. The molecule has 0 aromatic rings. The first-order chi connectivity index (χ1) is 13.0. The molecule has 0 fully saturated rings. The van der Waals surface area contributed by atoms with Crippen molar-refractivity contribution < 1.29 is 29.1 Å². The first-order valence-corrected chi connectivity index (χ1v) is 9.03. The lowest BCUT2D eigenvalue weighted by atomic mass is 10.0. The fourth-order valence-corrected chi connectivity index (χ4v) is 2.23. The van der Waals surface area contributed by atoms with Crippen LogP contribution in [0.1, 0.15) is 34.1 Å². The molecular weight excluding hydrogens is 370 g/mol. The number of hydrogen-bond donors (Lipinski definition) is 6. The zero-order valence-electron chi connectivity index (χ0n) is 16.7. The van der Waals surface area contributed by atoms with E-state index in [0.717, 1.165) is 0 Å². The second kappa shape index (κ2) is 12.7. The number of aliphatic carboxylic acids is 1. The van der Waals surface area contributed by atoms with E-state index >= 15 is 0 Å². The van der Waals surface area contributed by atoms with Gasteiger partial charge in [-0.3, -0.25) is 19.2 Å². The van der Waals surface area contributed by atoms with Crippen molar-refractivity contribution in [2.75, 3.05) is 19.6 Å². The van der Waals surface area contributed by atoms with Crippen molar-refractivity contribution in [1.29, 1.82) is 0 Å². The highest BCUT2D eigenvalue weighted by atomic mass is 16.4. The van der Waals surface area contributed by atoms with E-state index in [9.17, 15) is 24.0 Å². The zero-order valence-corrected chi connectivity index (χ0v) is 16.7. The van der Waals surface area contributed by atoms with Crippen LogP contribution in [0, 0.1) is 11.8 Å². The third-order valence-electron chi connectivity index (χ3n) is 3.66. The number of carboxylic acid groups (broad SMARTS) is 1. The van der Waals surface area contributed by atoms with Crippen LogP contribution in [0.2, 0.25) is 0 Å². The van der Waals surface area contributed by atoms with Crippen molar-refractivity contribution in [3.05, 3.63) is 0 Å². The number of hydrogen-bond acceptors (Lipinski definition) is 6. The maximum Gasteiger partial charge on any atom is 0.326 e. The van der Waals surface area contributed by atoms with E-state index in [1.807, 2.05) is 13.8 Å². The van der Waals surface area contributed by atoms with Crippen molar-refractivity contribution in [3.8, 4) is 0 Å². The van der Waals surface area contributed by atoms with Gasteiger partial charge in [0, 0.05) is 0 Å². The first-order valence-electron chi connectivity index (χ1n) is 9.03. The molecule has 2 atom stereocenters. The largest absolute Gasteiger partial charge is 0.480 e. The summed E-state index contributed by atoms with van der Waals surface area (Å²) in [4.78, 5) is 58.2. The van der Waals surface area contributed by atoms with Crippen molar-refractivity contribution in [1.82, 2.24) is 21.3 Å². The number of carbonyl (C=O) groups excluding carboxylic acids is 4. The molecule has 0 radical (unpaired) electrons. The molecule has 0 saturated carbocycles. The molecule has 11 nitrogen and oxygen atoms in total. The van der Waals surface area contributed by atoms with E-state index in [4.69, 9.17) is 10.8 Å². The lowest BCUT2D eigenvalue weighted by Gasteiger charge is -2.20.